The minimum Gasteiger partial charge on any atom is -0.377 e. The molecule has 1 aliphatic carbocycles. The van der Waals surface area contributed by atoms with Gasteiger partial charge >= 0.3 is 0 Å². The topological polar surface area (TPSA) is 41.1 Å². The van der Waals surface area contributed by atoms with Crippen LogP contribution in [0.25, 0.3) is 0 Å². The zero-order valence-electron chi connectivity index (χ0n) is 8.85. The molecule has 0 aromatic heterocycles. The maximum absolute atomic E-state index is 13.1. The molecule has 0 unspecified atom stereocenters. The van der Waals surface area contributed by atoms with E-state index in [1.165, 1.54) is 12.1 Å². The summed E-state index contributed by atoms with van der Waals surface area (Å²) in [4.78, 5) is 11.7. The molecular formula is C12H13FN2O. The van der Waals surface area contributed by atoms with Crippen molar-refractivity contribution < 1.29 is 9.18 Å². The third-order valence-electron chi connectivity index (χ3n) is 3.47. The third kappa shape index (κ3) is 1.45. The minimum atomic E-state index is -0.281. The number of carbonyl (C=O) groups is 1. The fraction of sp³-hybridized carbons (Fsp3) is 0.417. The lowest BCUT2D eigenvalue weighted by atomic mass is 9.74. The molecule has 1 heterocycles. The summed E-state index contributed by atoms with van der Waals surface area (Å²) in [5.74, 6) is -0.269. The number of hydrogen-bond donors (Lipinski definition) is 2. The number of halogens is 1. The van der Waals surface area contributed by atoms with Crippen molar-refractivity contribution in [3.63, 3.8) is 0 Å². The lowest BCUT2D eigenvalue weighted by Crippen LogP contribution is -2.46. The number of nitrogens with one attached hydrogen (secondary N) is 2. The Hall–Kier alpha value is -1.58. The second-order valence-corrected chi connectivity index (χ2v) is 4.67. The van der Waals surface area contributed by atoms with Crippen LogP contribution in [0.15, 0.2) is 18.2 Å². The van der Waals surface area contributed by atoms with Gasteiger partial charge < -0.3 is 10.6 Å². The fourth-order valence-corrected chi connectivity index (χ4v) is 2.47. The van der Waals surface area contributed by atoms with Crippen LogP contribution in [0.5, 0.6) is 0 Å². The smallest absolute Gasteiger partial charge is 0.226 e. The van der Waals surface area contributed by atoms with E-state index in [9.17, 15) is 9.18 Å². The van der Waals surface area contributed by atoms with E-state index in [0.717, 1.165) is 19.3 Å². The second kappa shape index (κ2) is 3.20. The molecule has 0 saturated heterocycles. The van der Waals surface area contributed by atoms with Crippen molar-refractivity contribution in [3.05, 3.63) is 24.0 Å². The number of benzene rings is 1. The molecule has 2 N–H and O–H groups in total. The molecule has 1 amide bonds. The molecule has 0 atom stereocenters. The SMILES string of the molecule is O=C1CC2(CCC2)Nc2cc(F)ccc2N1. The molecule has 0 bridgehead atoms. The first-order valence-corrected chi connectivity index (χ1v) is 5.55. The number of hydrogen-bond acceptors (Lipinski definition) is 2. The van der Waals surface area contributed by atoms with Gasteiger partial charge in [0.05, 0.1) is 11.4 Å². The number of amides is 1. The predicted molar refractivity (Wildman–Crippen MR) is 59.9 cm³/mol. The predicted octanol–water partition coefficient (Wildman–Crippen LogP) is 2.50. The molecule has 84 valence electrons. The van der Waals surface area contributed by atoms with Gasteiger partial charge in [0.25, 0.3) is 0 Å². The Kier molecular flexibility index (Phi) is 1.93. The minimum absolute atomic E-state index is 0.0116. The first-order valence-electron chi connectivity index (χ1n) is 5.55. The van der Waals surface area contributed by atoms with Crippen molar-refractivity contribution in [2.75, 3.05) is 10.6 Å². The van der Waals surface area contributed by atoms with Crippen molar-refractivity contribution in [2.24, 2.45) is 0 Å². The van der Waals surface area contributed by atoms with Crippen LogP contribution in [0.4, 0.5) is 15.8 Å². The van der Waals surface area contributed by atoms with Crippen LogP contribution in [-0.2, 0) is 4.79 Å². The van der Waals surface area contributed by atoms with Gasteiger partial charge in [-0.25, -0.2) is 4.39 Å². The Morgan fingerprint density at radius 3 is 2.75 bits per heavy atom. The van der Waals surface area contributed by atoms with Crippen LogP contribution in [0.1, 0.15) is 25.7 Å². The molecule has 0 radical (unpaired) electrons. The molecule has 1 saturated carbocycles. The quantitative estimate of drug-likeness (QED) is 0.705. The molecule has 3 nitrogen and oxygen atoms in total. The summed E-state index contributed by atoms with van der Waals surface area (Å²) >= 11 is 0. The molecule has 1 spiro atoms. The highest BCUT2D eigenvalue weighted by Gasteiger charge is 2.40. The van der Waals surface area contributed by atoms with Gasteiger partial charge in [0, 0.05) is 12.0 Å². The highest BCUT2D eigenvalue weighted by atomic mass is 19.1. The van der Waals surface area contributed by atoms with Gasteiger partial charge in [0.2, 0.25) is 5.91 Å². The second-order valence-electron chi connectivity index (χ2n) is 4.67. The molecule has 4 heteroatoms. The molecule has 16 heavy (non-hydrogen) atoms. The first-order chi connectivity index (χ1) is 7.67. The van der Waals surface area contributed by atoms with Gasteiger partial charge in [-0.15, -0.1) is 0 Å². The van der Waals surface area contributed by atoms with E-state index in [1.54, 1.807) is 6.07 Å². The standard InChI is InChI=1S/C12H13FN2O/c13-8-2-3-9-10(6-8)15-12(4-1-5-12)7-11(16)14-9/h2-3,6,15H,1,4-5,7H2,(H,14,16). The van der Waals surface area contributed by atoms with E-state index in [0.29, 0.717) is 17.8 Å². The average Bonchev–Trinajstić information content (AvgIpc) is 2.32. The van der Waals surface area contributed by atoms with E-state index in [-0.39, 0.29) is 17.3 Å². The molecule has 1 aromatic carbocycles. The van der Waals surface area contributed by atoms with Crippen LogP contribution in [-0.4, -0.2) is 11.4 Å². The van der Waals surface area contributed by atoms with Crippen molar-refractivity contribution in [2.45, 2.75) is 31.2 Å². The van der Waals surface area contributed by atoms with Crippen molar-refractivity contribution >= 4 is 17.3 Å². The molecule has 1 fully saturated rings. The highest BCUT2D eigenvalue weighted by Crippen LogP contribution is 2.42. The zero-order valence-corrected chi connectivity index (χ0v) is 8.85. The molecule has 1 aromatic rings. The average molecular weight is 220 g/mol. The summed E-state index contributed by atoms with van der Waals surface area (Å²) < 4.78 is 13.1. The van der Waals surface area contributed by atoms with Crippen LogP contribution >= 0.6 is 0 Å². The summed E-state index contributed by atoms with van der Waals surface area (Å²) in [6, 6.07) is 4.41. The van der Waals surface area contributed by atoms with Crippen LogP contribution in [0, 0.1) is 5.82 Å². The van der Waals surface area contributed by atoms with Gasteiger partial charge in [0.15, 0.2) is 0 Å². The van der Waals surface area contributed by atoms with Crippen molar-refractivity contribution in [3.8, 4) is 0 Å². The molecule has 3 rings (SSSR count). The molecule has 1 aliphatic heterocycles. The van der Waals surface area contributed by atoms with Gasteiger partial charge in [-0.1, -0.05) is 0 Å². The van der Waals surface area contributed by atoms with E-state index >= 15 is 0 Å². The number of anilines is 2. The van der Waals surface area contributed by atoms with E-state index in [4.69, 9.17) is 0 Å². The summed E-state index contributed by atoms with van der Waals surface area (Å²) in [6.07, 6.45) is 3.57. The largest absolute Gasteiger partial charge is 0.377 e. The van der Waals surface area contributed by atoms with E-state index < -0.39 is 0 Å². The zero-order chi connectivity index (χ0) is 11.2. The highest BCUT2D eigenvalue weighted by molar-refractivity contribution is 5.97. The Labute approximate surface area is 93.0 Å². The maximum Gasteiger partial charge on any atom is 0.226 e. The lowest BCUT2D eigenvalue weighted by Gasteiger charge is -2.41. The normalized spacial score (nSPS) is 21.4. The number of fused-ring (bicyclic) bond motifs is 1. The molecule has 2 aliphatic rings. The summed E-state index contributed by atoms with van der Waals surface area (Å²) in [5.41, 5.74) is 1.24. The van der Waals surface area contributed by atoms with Crippen LogP contribution < -0.4 is 10.6 Å². The Morgan fingerprint density at radius 1 is 1.25 bits per heavy atom. The third-order valence-corrected chi connectivity index (χ3v) is 3.47. The number of carbonyl (C=O) groups excluding carboxylic acids is 1. The van der Waals surface area contributed by atoms with Crippen molar-refractivity contribution in [1.29, 1.82) is 0 Å². The van der Waals surface area contributed by atoms with E-state index in [2.05, 4.69) is 10.6 Å². The monoisotopic (exact) mass is 220 g/mol. The maximum atomic E-state index is 13.1. The summed E-state index contributed by atoms with van der Waals surface area (Å²) in [7, 11) is 0. The van der Waals surface area contributed by atoms with Gasteiger partial charge in [-0.2, -0.15) is 0 Å². The Bertz CT molecular complexity index is 454. The van der Waals surface area contributed by atoms with Gasteiger partial charge in [0.1, 0.15) is 5.82 Å². The summed E-state index contributed by atoms with van der Waals surface area (Å²) in [5, 5.41) is 6.13. The van der Waals surface area contributed by atoms with Crippen LogP contribution in [0.3, 0.4) is 0 Å². The first kappa shape index (κ1) is 9.63. The molecular weight excluding hydrogens is 207 g/mol. The Balaban J connectivity index is 2.02. The number of rotatable bonds is 0. The van der Waals surface area contributed by atoms with Crippen LogP contribution in [0.2, 0.25) is 0 Å². The Morgan fingerprint density at radius 2 is 2.06 bits per heavy atom. The lowest BCUT2D eigenvalue weighted by molar-refractivity contribution is -0.117. The van der Waals surface area contributed by atoms with Gasteiger partial charge in [-0.3, -0.25) is 4.79 Å². The van der Waals surface area contributed by atoms with Gasteiger partial charge in [-0.05, 0) is 37.5 Å². The van der Waals surface area contributed by atoms with E-state index in [1.807, 2.05) is 0 Å². The fourth-order valence-electron chi connectivity index (χ4n) is 2.47. The van der Waals surface area contributed by atoms with Crippen molar-refractivity contribution in [1.82, 2.24) is 0 Å². The summed E-state index contributed by atoms with van der Waals surface area (Å²) in [6.45, 7) is 0.